The van der Waals surface area contributed by atoms with Crippen LogP contribution in [0, 0.1) is 5.41 Å². The lowest BCUT2D eigenvalue weighted by Crippen LogP contribution is -2.54. The summed E-state index contributed by atoms with van der Waals surface area (Å²) in [4.78, 5) is 14.3. The summed E-state index contributed by atoms with van der Waals surface area (Å²) < 4.78 is 32.5. The van der Waals surface area contributed by atoms with Gasteiger partial charge in [0.05, 0.1) is 6.04 Å². The fraction of sp³-hybridized carbons (Fsp3) is 0.632. The summed E-state index contributed by atoms with van der Waals surface area (Å²) in [7, 11) is 0. The molecule has 0 N–H and O–H groups in total. The zero-order valence-corrected chi connectivity index (χ0v) is 14.5. The predicted molar refractivity (Wildman–Crippen MR) is 88.0 cm³/mol. The molecule has 2 aliphatic rings. The van der Waals surface area contributed by atoms with Crippen LogP contribution >= 0.6 is 0 Å². The summed E-state index contributed by atoms with van der Waals surface area (Å²) in [6.07, 6.45) is 0.700. The van der Waals surface area contributed by atoms with Crippen LogP contribution in [0.2, 0.25) is 0 Å². The largest absolute Gasteiger partial charge is 0.444 e. The Labute approximate surface area is 142 Å². The maximum atomic E-state index is 13.5. The Kier molecular flexibility index (Phi) is 4.09. The van der Waals surface area contributed by atoms with E-state index in [1.165, 1.54) is 0 Å². The van der Waals surface area contributed by atoms with Crippen LogP contribution in [0.3, 0.4) is 0 Å². The number of hydrogen-bond acceptors (Lipinski definition) is 2. The topological polar surface area (TPSA) is 29.5 Å². The molecule has 132 valence electrons. The van der Waals surface area contributed by atoms with Gasteiger partial charge in [0.25, 0.3) is 0 Å². The van der Waals surface area contributed by atoms with Gasteiger partial charge in [0.2, 0.25) is 5.92 Å². The first kappa shape index (κ1) is 17.2. The number of nitrogens with zero attached hydrogens (tertiary/aromatic N) is 1. The molecular weight excluding hydrogens is 312 g/mol. The normalized spacial score (nSPS) is 25.2. The molecule has 0 bridgehead atoms. The van der Waals surface area contributed by atoms with Gasteiger partial charge in [0, 0.05) is 19.4 Å². The van der Waals surface area contributed by atoms with E-state index in [0.717, 1.165) is 5.56 Å². The lowest BCUT2D eigenvalue weighted by molar-refractivity contribution is -0.183. The van der Waals surface area contributed by atoms with Crippen LogP contribution in [-0.4, -0.2) is 29.1 Å². The molecule has 1 aromatic rings. The van der Waals surface area contributed by atoms with Crippen LogP contribution < -0.4 is 0 Å². The molecule has 0 radical (unpaired) electrons. The van der Waals surface area contributed by atoms with E-state index in [4.69, 9.17) is 4.74 Å². The van der Waals surface area contributed by atoms with Crippen LogP contribution in [0.4, 0.5) is 13.6 Å². The molecular formula is C19H25F2NO2. The summed E-state index contributed by atoms with van der Waals surface area (Å²) in [6.45, 7) is 5.96. The van der Waals surface area contributed by atoms with Crippen molar-refractivity contribution in [2.24, 2.45) is 5.41 Å². The van der Waals surface area contributed by atoms with Crippen molar-refractivity contribution in [2.45, 2.75) is 64.0 Å². The van der Waals surface area contributed by atoms with Crippen molar-refractivity contribution in [3.63, 3.8) is 0 Å². The van der Waals surface area contributed by atoms with Crippen LogP contribution in [-0.2, 0) is 4.74 Å². The van der Waals surface area contributed by atoms with Gasteiger partial charge in [-0.1, -0.05) is 30.3 Å². The third-order valence-electron chi connectivity index (χ3n) is 4.97. The quantitative estimate of drug-likeness (QED) is 0.707. The van der Waals surface area contributed by atoms with Crippen LogP contribution in [0.15, 0.2) is 30.3 Å². The highest BCUT2D eigenvalue weighted by atomic mass is 19.3. The molecule has 24 heavy (non-hydrogen) atoms. The zero-order valence-electron chi connectivity index (χ0n) is 14.5. The van der Waals surface area contributed by atoms with Crippen molar-refractivity contribution >= 4 is 6.09 Å². The van der Waals surface area contributed by atoms with Crippen molar-refractivity contribution in [2.75, 3.05) is 6.54 Å². The van der Waals surface area contributed by atoms with Gasteiger partial charge in [-0.3, -0.25) is 0 Å². The van der Waals surface area contributed by atoms with Crippen molar-refractivity contribution < 1.29 is 18.3 Å². The third-order valence-corrected chi connectivity index (χ3v) is 4.97. The van der Waals surface area contributed by atoms with E-state index in [0.29, 0.717) is 19.4 Å². The van der Waals surface area contributed by atoms with Crippen LogP contribution in [0.25, 0.3) is 0 Å². The van der Waals surface area contributed by atoms with Crippen molar-refractivity contribution in [3.8, 4) is 0 Å². The lowest BCUT2D eigenvalue weighted by atomic mass is 9.59. The minimum atomic E-state index is -2.55. The number of rotatable bonds is 1. The number of ether oxygens (including phenoxy) is 1. The number of likely N-dealkylation sites (tertiary alicyclic amines) is 1. The van der Waals surface area contributed by atoms with E-state index in [1.807, 2.05) is 51.1 Å². The molecule has 3 nitrogen and oxygen atoms in total. The Morgan fingerprint density at radius 2 is 1.83 bits per heavy atom. The van der Waals surface area contributed by atoms with Gasteiger partial charge in [-0.25, -0.2) is 13.6 Å². The smallest absolute Gasteiger partial charge is 0.410 e. The molecule has 1 amide bonds. The Hall–Kier alpha value is -1.65. The molecule has 1 aliphatic carbocycles. The maximum absolute atomic E-state index is 13.5. The Morgan fingerprint density at radius 1 is 1.21 bits per heavy atom. The Bertz CT molecular complexity index is 602. The number of amides is 1. The molecule has 1 aromatic carbocycles. The summed E-state index contributed by atoms with van der Waals surface area (Å²) in [5, 5.41) is 0. The fourth-order valence-corrected chi connectivity index (χ4v) is 4.01. The lowest BCUT2D eigenvalue weighted by Gasteiger charge is -2.54. The fourth-order valence-electron chi connectivity index (χ4n) is 4.01. The SMILES string of the molecule is CC(C)(C)OC(=O)N1CCC2(CC1c1ccccc1)CC(F)(F)C2. The van der Waals surface area contributed by atoms with Crippen LogP contribution in [0.1, 0.15) is 58.1 Å². The first-order valence-electron chi connectivity index (χ1n) is 8.52. The van der Waals surface area contributed by atoms with Crippen molar-refractivity contribution in [1.82, 2.24) is 4.90 Å². The number of alkyl halides is 2. The minimum absolute atomic E-state index is 0.0640. The first-order valence-corrected chi connectivity index (χ1v) is 8.52. The van der Waals surface area contributed by atoms with Gasteiger partial charge in [0.1, 0.15) is 5.60 Å². The molecule has 1 aliphatic heterocycles. The van der Waals surface area contributed by atoms with E-state index in [2.05, 4.69) is 0 Å². The number of carbonyl (C=O) groups is 1. The van der Waals surface area contributed by atoms with E-state index in [9.17, 15) is 13.6 Å². The second kappa shape index (κ2) is 5.71. The maximum Gasteiger partial charge on any atom is 0.410 e. The number of halogens is 2. The average Bonchev–Trinajstić information content (AvgIpc) is 2.44. The summed E-state index contributed by atoms with van der Waals surface area (Å²) in [5.74, 6) is -2.55. The monoisotopic (exact) mass is 337 g/mol. The minimum Gasteiger partial charge on any atom is -0.444 e. The van der Waals surface area contributed by atoms with Gasteiger partial charge in [0.15, 0.2) is 0 Å². The Balaban J connectivity index is 1.82. The van der Waals surface area contributed by atoms with Gasteiger partial charge in [-0.2, -0.15) is 0 Å². The first-order chi connectivity index (χ1) is 11.1. The second-order valence-electron chi connectivity index (χ2n) is 8.26. The Morgan fingerprint density at radius 3 is 2.38 bits per heavy atom. The molecule has 0 aromatic heterocycles. The highest BCUT2D eigenvalue weighted by Gasteiger charge is 2.59. The molecule has 1 saturated carbocycles. The van der Waals surface area contributed by atoms with E-state index in [-0.39, 0.29) is 30.4 Å². The number of carbonyl (C=O) groups excluding carboxylic acids is 1. The zero-order chi connectivity index (χ0) is 17.6. The van der Waals surface area contributed by atoms with Gasteiger partial charge in [-0.15, -0.1) is 0 Å². The molecule has 1 saturated heterocycles. The highest BCUT2D eigenvalue weighted by Crippen LogP contribution is 2.60. The molecule has 1 spiro atoms. The summed E-state index contributed by atoms with van der Waals surface area (Å²) in [5.41, 5.74) is 0.0667. The van der Waals surface area contributed by atoms with Crippen molar-refractivity contribution in [1.29, 1.82) is 0 Å². The van der Waals surface area contributed by atoms with Gasteiger partial charge in [-0.05, 0) is 44.6 Å². The van der Waals surface area contributed by atoms with E-state index >= 15 is 0 Å². The van der Waals surface area contributed by atoms with Crippen LogP contribution in [0.5, 0.6) is 0 Å². The summed E-state index contributed by atoms with van der Waals surface area (Å²) in [6, 6.07) is 9.46. The molecule has 2 fully saturated rings. The number of hydrogen-bond donors (Lipinski definition) is 0. The number of piperidine rings is 1. The molecule has 3 rings (SSSR count). The second-order valence-corrected chi connectivity index (χ2v) is 8.26. The highest BCUT2D eigenvalue weighted by molar-refractivity contribution is 5.69. The standard InChI is InChI=1S/C19H25F2NO2/c1-17(2,3)24-16(23)22-10-9-18(12-19(20,21)13-18)11-15(22)14-7-5-4-6-8-14/h4-8,15H,9-13H2,1-3H3. The molecule has 1 atom stereocenters. The van der Waals surface area contributed by atoms with E-state index in [1.54, 1.807) is 4.90 Å². The van der Waals surface area contributed by atoms with Gasteiger partial charge < -0.3 is 9.64 Å². The third kappa shape index (κ3) is 3.55. The number of benzene rings is 1. The molecule has 1 unspecified atom stereocenters. The van der Waals surface area contributed by atoms with E-state index < -0.39 is 11.5 Å². The average molecular weight is 337 g/mol. The van der Waals surface area contributed by atoms with Gasteiger partial charge >= 0.3 is 6.09 Å². The molecule has 5 heteroatoms. The summed E-state index contributed by atoms with van der Waals surface area (Å²) >= 11 is 0. The predicted octanol–water partition coefficient (Wildman–Crippen LogP) is 5.17. The molecule has 1 heterocycles. The van der Waals surface area contributed by atoms with Crippen molar-refractivity contribution in [3.05, 3.63) is 35.9 Å².